The van der Waals surface area contributed by atoms with E-state index in [4.69, 9.17) is 0 Å². The minimum atomic E-state index is -4.29. The van der Waals surface area contributed by atoms with Crippen LogP contribution in [0.3, 0.4) is 0 Å². The lowest BCUT2D eigenvalue weighted by molar-refractivity contribution is -0.149. The third kappa shape index (κ3) is 4.37. The number of piperidine rings is 1. The maximum Gasteiger partial charge on any atom is 0.389 e. The van der Waals surface area contributed by atoms with Crippen LogP contribution in [0.15, 0.2) is 24.3 Å². The Kier molecular flexibility index (Phi) is 4.75. The standard InChI is InChI=1S/C15H18F3NO2/c16-15(17,18)8-5-14(21)19-9-6-11(7-10-19)12-3-1-2-4-13(12)20/h1-4,11,20H,5-10H2. The summed E-state index contributed by atoms with van der Waals surface area (Å²) < 4.78 is 36.3. The van der Waals surface area contributed by atoms with Gasteiger partial charge in [-0.25, -0.2) is 0 Å². The number of hydrogen-bond donors (Lipinski definition) is 1. The van der Waals surface area contributed by atoms with E-state index in [2.05, 4.69) is 0 Å². The average Bonchev–Trinajstić information content (AvgIpc) is 2.45. The van der Waals surface area contributed by atoms with Crippen LogP contribution in [0.2, 0.25) is 0 Å². The number of halogens is 3. The van der Waals surface area contributed by atoms with Gasteiger partial charge in [-0.1, -0.05) is 18.2 Å². The van der Waals surface area contributed by atoms with Crippen LogP contribution in [-0.4, -0.2) is 35.2 Å². The summed E-state index contributed by atoms with van der Waals surface area (Å²) in [6, 6.07) is 7.06. The molecule has 0 spiro atoms. The van der Waals surface area contributed by atoms with Gasteiger partial charge < -0.3 is 10.0 Å². The monoisotopic (exact) mass is 301 g/mol. The fraction of sp³-hybridized carbons (Fsp3) is 0.533. The van der Waals surface area contributed by atoms with Gasteiger partial charge in [-0.2, -0.15) is 13.2 Å². The Labute approximate surface area is 121 Å². The molecule has 0 radical (unpaired) electrons. The Hall–Kier alpha value is -1.72. The normalized spacial score (nSPS) is 17.0. The summed E-state index contributed by atoms with van der Waals surface area (Å²) in [6.45, 7) is 0.880. The molecule has 1 aromatic carbocycles. The predicted octanol–water partition coefficient (Wildman–Crippen LogP) is 3.44. The SMILES string of the molecule is O=C(CCC(F)(F)F)N1CCC(c2ccccc2O)CC1. The lowest BCUT2D eigenvalue weighted by Crippen LogP contribution is -2.38. The van der Waals surface area contributed by atoms with E-state index < -0.39 is 24.9 Å². The molecule has 1 heterocycles. The summed E-state index contributed by atoms with van der Waals surface area (Å²) in [7, 11) is 0. The van der Waals surface area contributed by atoms with Crippen LogP contribution in [0, 0.1) is 0 Å². The van der Waals surface area contributed by atoms with Crippen molar-refractivity contribution in [2.24, 2.45) is 0 Å². The maximum atomic E-state index is 12.1. The number of amides is 1. The molecule has 1 fully saturated rings. The van der Waals surface area contributed by atoms with E-state index >= 15 is 0 Å². The number of para-hydroxylation sites is 1. The van der Waals surface area contributed by atoms with Gasteiger partial charge in [0.25, 0.3) is 0 Å². The summed E-state index contributed by atoms with van der Waals surface area (Å²) in [5, 5.41) is 9.81. The van der Waals surface area contributed by atoms with Gasteiger partial charge >= 0.3 is 6.18 Å². The van der Waals surface area contributed by atoms with Gasteiger partial charge in [0, 0.05) is 19.5 Å². The number of nitrogens with zero attached hydrogens (tertiary/aromatic N) is 1. The van der Waals surface area contributed by atoms with Crippen molar-refractivity contribution >= 4 is 5.91 Å². The predicted molar refractivity (Wildman–Crippen MR) is 72.0 cm³/mol. The van der Waals surface area contributed by atoms with E-state index in [9.17, 15) is 23.1 Å². The Morgan fingerprint density at radius 1 is 1.24 bits per heavy atom. The van der Waals surface area contributed by atoms with Crippen LogP contribution in [0.1, 0.15) is 37.2 Å². The molecule has 1 aliphatic rings. The van der Waals surface area contributed by atoms with E-state index in [1.165, 1.54) is 4.90 Å². The summed E-state index contributed by atoms with van der Waals surface area (Å²) in [4.78, 5) is 13.2. The highest BCUT2D eigenvalue weighted by Crippen LogP contribution is 2.33. The topological polar surface area (TPSA) is 40.5 Å². The van der Waals surface area contributed by atoms with Gasteiger partial charge in [-0.15, -0.1) is 0 Å². The van der Waals surface area contributed by atoms with Gasteiger partial charge in [0.15, 0.2) is 0 Å². The molecule has 0 bridgehead atoms. The third-order valence-electron chi connectivity index (χ3n) is 3.85. The van der Waals surface area contributed by atoms with Crippen LogP contribution < -0.4 is 0 Å². The van der Waals surface area contributed by atoms with E-state index in [1.807, 2.05) is 12.1 Å². The highest BCUT2D eigenvalue weighted by molar-refractivity contribution is 5.76. The number of carbonyl (C=O) groups is 1. The lowest BCUT2D eigenvalue weighted by atomic mass is 9.88. The molecular weight excluding hydrogens is 283 g/mol. The van der Waals surface area contributed by atoms with Crippen molar-refractivity contribution in [1.82, 2.24) is 4.90 Å². The van der Waals surface area contributed by atoms with E-state index in [-0.39, 0.29) is 11.7 Å². The zero-order valence-electron chi connectivity index (χ0n) is 11.6. The summed E-state index contributed by atoms with van der Waals surface area (Å²) in [5.74, 6) is -0.0553. The van der Waals surface area contributed by atoms with Gasteiger partial charge in [0.2, 0.25) is 5.91 Å². The van der Waals surface area contributed by atoms with Crippen molar-refractivity contribution in [3.63, 3.8) is 0 Å². The Morgan fingerprint density at radius 3 is 2.43 bits per heavy atom. The molecule has 2 rings (SSSR count). The van der Waals surface area contributed by atoms with Gasteiger partial charge in [-0.05, 0) is 30.4 Å². The second-order valence-electron chi connectivity index (χ2n) is 5.33. The van der Waals surface area contributed by atoms with Gasteiger partial charge in [-0.3, -0.25) is 4.79 Å². The zero-order chi connectivity index (χ0) is 15.5. The number of alkyl halides is 3. The minimum absolute atomic E-state index is 0.151. The average molecular weight is 301 g/mol. The lowest BCUT2D eigenvalue weighted by Gasteiger charge is -2.32. The number of hydrogen-bond acceptors (Lipinski definition) is 2. The molecule has 6 heteroatoms. The minimum Gasteiger partial charge on any atom is -0.508 e. The molecule has 0 aromatic heterocycles. The second kappa shape index (κ2) is 6.37. The molecule has 0 unspecified atom stereocenters. The molecule has 0 saturated carbocycles. The Balaban J connectivity index is 1.86. The fourth-order valence-electron chi connectivity index (χ4n) is 2.68. The molecule has 1 aromatic rings. The number of rotatable bonds is 3. The number of aromatic hydroxyl groups is 1. The van der Waals surface area contributed by atoms with Crippen molar-refractivity contribution < 1.29 is 23.1 Å². The van der Waals surface area contributed by atoms with Gasteiger partial charge in [0.05, 0.1) is 6.42 Å². The van der Waals surface area contributed by atoms with Crippen molar-refractivity contribution in [3.05, 3.63) is 29.8 Å². The first-order valence-corrected chi connectivity index (χ1v) is 6.99. The van der Waals surface area contributed by atoms with Gasteiger partial charge in [0.1, 0.15) is 5.75 Å². The number of phenols is 1. The first-order chi connectivity index (χ1) is 9.87. The fourth-order valence-corrected chi connectivity index (χ4v) is 2.68. The number of carbonyl (C=O) groups excluding carboxylic acids is 1. The molecule has 0 atom stereocenters. The van der Waals surface area contributed by atoms with Crippen LogP contribution >= 0.6 is 0 Å². The smallest absolute Gasteiger partial charge is 0.389 e. The Bertz CT molecular complexity index is 494. The molecule has 3 nitrogen and oxygen atoms in total. The van der Waals surface area contributed by atoms with Crippen molar-refractivity contribution in [2.75, 3.05) is 13.1 Å². The summed E-state index contributed by atoms with van der Waals surface area (Å²) in [5.41, 5.74) is 0.847. The Morgan fingerprint density at radius 2 is 1.86 bits per heavy atom. The molecule has 1 amide bonds. The van der Waals surface area contributed by atoms with E-state index in [1.54, 1.807) is 12.1 Å². The molecule has 1 saturated heterocycles. The molecule has 21 heavy (non-hydrogen) atoms. The quantitative estimate of drug-likeness (QED) is 0.929. The van der Waals surface area contributed by atoms with Crippen LogP contribution in [0.25, 0.3) is 0 Å². The van der Waals surface area contributed by atoms with E-state index in [0.717, 1.165) is 5.56 Å². The van der Waals surface area contributed by atoms with Crippen LogP contribution in [-0.2, 0) is 4.79 Å². The first-order valence-electron chi connectivity index (χ1n) is 6.99. The largest absolute Gasteiger partial charge is 0.508 e. The first kappa shape index (κ1) is 15.7. The summed E-state index contributed by atoms with van der Waals surface area (Å²) >= 11 is 0. The third-order valence-corrected chi connectivity index (χ3v) is 3.85. The molecular formula is C15H18F3NO2. The highest BCUT2D eigenvalue weighted by atomic mass is 19.4. The van der Waals surface area contributed by atoms with Crippen LogP contribution in [0.5, 0.6) is 5.75 Å². The van der Waals surface area contributed by atoms with Crippen molar-refractivity contribution in [2.45, 2.75) is 37.8 Å². The molecule has 1 N–H and O–H groups in total. The molecule has 116 valence electrons. The molecule has 1 aliphatic heterocycles. The number of phenolic OH excluding ortho intramolecular Hbond substituents is 1. The highest BCUT2D eigenvalue weighted by Gasteiger charge is 2.30. The van der Waals surface area contributed by atoms with Crippen molar-refractivity contribution in [1.29, 1.82) is 0 Å². The van der Waals surface area contributed by atoms with E-state index in [0.29, 0.717) is 25.9 Å². The number of likely N-dealkylation sites (tertiary alicyclic amines) is 1. The van der Waals surface area contributed by atoms with Crippen LogP contribution in [0.4, 0.5) is 13.2 Å². The zero-order valence-corrected chi connectivity index (χ0v) is 11.6. The number of benzene rings is 1. The maximum absolute atomic E-state index is 12.1. The summed E-state index contributed by atoms with van der Waals surface area (Å²) in [6.07, 6.45) is -4.51. The van der Waals surface area contributed by atoms with Crippen molar-refractivity contribution in [3.8, 4) is 5.75 Å². The second-order valence-corrected chi connectivity index (χ2v) is 5.33. The molecule has 0 aliphatic carbocycles.